The molecule has 11 heteroatoms. The zero-order valence-corrected chi connectivity index (χ0v) is 25.1. The highest BCUT2D eigenvalue weighted by Gasteiger charge is 2.48. The Morgan fingerprint density at radius 2 is 1.05 bits per heavy atom. The third-order valence-corrected chi connectivity index (χ3v) is 12.9. The van der Waals surface area contributed by atoms with Crippen molar-refractivity contribution >= 4 is 109 Å². The molecule has 3 aromatic heterocycles. The molecule has 4 atom stereocenters. The van der Waals surface area contributed by atoms with Gasteiger partial charge < -0.3 is 0 Å². The van der Waals surface area contributed by atoms with Gasteiger partial charge in [0.05, 0.1) is 14.9 Å². The van der Waals surface area contributed by atoms with Crippen molar-refractivity contribution in [2.45, 2.75) is 65.2 Å². The van der Waals surface area contributed by atoms with Crippen molar-refractivity contribution in [3.8, 4) is 0 Å². The van der Waals surface area contributed by atoms with E-state index in [2.05, 4.69) is 9.98 Å². The summed E-state index contributed by atoms with van der Waals surface area (Å²) in [6.07, 6.45) is 7.01. The molecule has 0 saturated heterocycles. The van der Waals surface area contributed by atoms with Gasteiger partial charge in [0.15, 0.2) is 34.6 Å². The van der Waals surface area contributed by atoms with E-state index in [9.17, 15) is 19.2 Å². The highest BCUT2D eigenvalue weighted by molar-refractivity contribution is 7.33. The summed E-state index contributed by atoms with van der Waals surface area (Å²) in [5.41, 5.74) is 3.02. The van der Waals surface area contributed by atoms with E-state index in [4.69, 9.17) is 9.97 Å². The molecule has 41 heavy (non-hydrogen) atoms. The first-order valence-corrected chi connectivity index (χ1v) is 16.7. The molecule has 208 valence electrons. The molecule has 4 aromatic rings. The average molecular weight is 603 g/mol. The van der Waals surface area contributed by atoms with E-state index in [0.717, 1.165) is 92.3 Å². The second kappa shape index (κ2) is 9.24. The van der Waals surface area contributed by atoms with Crippen LogP contribution in [0.3, 0.4) is 0 Å². The number of carbonyl (C=O) groups excluding carboxylic acids is 4. The van der Waals surface area contributed by atoms with E-state index in [1.54, 1.807) is 11.3 Å². The van der Waals surface area contributed by atoms with Crippen LogP contribution in [0.5, 0.6) is 0 Å². The first kappa shape index (κ1) is 25.7. The fourth-order valence-corrected chi connectivity index (χ4v) is 10.8. The molecular formula is C30H26N4O4S3. The molecule has 4 fully saturated rings. The number of carbonyl (C=O) groups is 4. The van der Waals surface area contributed by atoms with Gasteiger partial charge in [0.25, 0.3) is 0 Å². The lowest BCUT2D eigenvalue weighted by molar-refractivity contribution is -0.120. The smallest absolute Gasteiger partial charge is 0.211 e. The van der Waals surface area contributed by atoms with Gasteiger partial charge in [-0.25, -0.2) is 20.0 Å². The summed E-state index contributed by atoms with van der Waals surface area (Å²) in [7, 11) is 0. The lowest BCUT2D eigenvalue weighted by Crippen LogP contribution is -2.21. The van der Waals surface area contributed by atoms with Crippen LogP contribution < -0.4 is 0 Å². The molecular weight excluding hydrogens is 577 g/mol. The molecule has 0 bridgehead atoms. The minimum absolute atomic E-state index is 0.0718. The predicted molar refractivity (Wildman–Crippen MR) is 163 cm³/mol. The van der Waals surface area contributed by atoms with E-state index in [1.807, 2.05) is 13.8 Å². The second-order valence-corrected chi connectivity index (χ2v) is 14.7. The lowest BCUT2D eigenvalue weighted by atomic mass is 9.81. The van der Waals surface area contributed by atoms with E-state index in [-0.39, 0.29) is 58.2 Å². The Morgan fingerprint density at radius 3 is 1.56 bits per heavy atom. The summed E-state index contributed by atoms with van der Waals surface area (Å²) in [5.74, 6) is -1.32. The molecule has 0 N–H and O–H groups in total. The minimum Gasteiger partial charge on any atom is -0.292 e. The maximum absolute atomic E-state index is 13.0. The Balaban J connectivity index is 1.20. The van der Waals surface area contributed by atoms with Crippen LogP contribution >= 0.6 is 34.0 Å². The topological polar surface area (TPSA) is 119 Å². The zero-order chi connectivity index (χ0) is 28.2. The second-order valence-electron chi connectivity index (χ2n) is 11.7. The van der Waals surface area contributed by atoms with Crippen molar-refractivity contribution in [2.75, 3.05) is 0 Å². The van der Waals surface area contributed by atoms with Crippen molar-refractivity contribution < 1.29 is 19.2 Å². The molecule has 3 heterocycles. The maximum atomic E-state index is 13.0. The van der Waals surface area contributed by atoms with Crippen molar-refractivity contribution in [2.24, 2.45) is 33.7 Å². The van der Waals surface area contributed by atoms with Crippen molar-refractivity contribution in [3.63, 3.8) is 0 Å². The van der Waals surface area contributed by atoms with Gasteiger partial charge in [-0.05, 0) is 50.7 Å². The van der Waals surface area contributed by atoms with Crippen LogP contribution in [0.25, 0.3) is 29.8 Å². The lowest BCUT2D eigenvalue weighted by Gasteiger charge is -2.20. The van der Waals surface area contributed by atoms with Gasteiger partial charge in [-0.15, -0.1) is 11.3 Å². The van der Waals surface area contributed by atoms with Crippen LogP contribution in [0.2, 0.25) is 0 Å². The van der Waals surface area contributed by atoms with Gasteiger partial charge in [0, 0.05) is 33.8 Å². The third-order valence-electron chi connectivity index (χ3n) is 9.49. The van der Waals surface area contributed by atoms with E-state index in [1.165, 1.54) is 22.7 Å². The molecule has 0 radical (unpaired) electrons. The molecule has 0 amide bonds. The number of aryl methyl sites for hydroxylation is 2. The maximum Gasteiger partial charge on any atom is 0.211 e. The van der Waals surface area contributed by atoms with Crippen LogP contribution in [0.15, 0.2) is 9.98 Å². The van der Waals surface area contributed by atoms with Crippen LogP contribution in [-0.4, -0.2) is 44.5 Å². The van der Waals surface area contributed by atoms with Crippen molar-refractivity contribution in [1.29, 1.82) is 0 Å². The Kier molecular flexibility index (Phi) is 5.79. The van der Waals surface area contributed by atoms with Crippen molar-refractivity contribution in [1.82, 2.24) is 9.97 Å². The van der Waals surface area contributed by atoms with Crippen molar-refractivity contribution in [3.05, 3.63) is 11.1 Å². The molecule has 8 nitrogen and oxygen atoms in total. The summed E-state index contributed by atoms with van der Waals surface area (Å²) in [5, 5.41) is 1.95. The number of thiophene rings is 1. The first-order valence-electron chi connectivity index (χ1n) is 14.3. The third kappa shape index (κ3) is 3.67. The molecule has 0 spiro atoms. The SMILES string of the molecule is Cc1c2nc(N=C3C(=O)C4CCCCC4C3=O)sc2c(C)c2c1sc1nc(N=C3C(=O)C4CCCCC4C3=O)sc12. The van der Waals surface area contributed by atoms with Crippen LogP contribution in [0.1, 0.15) is 62.5 Å². The Bertz CT molecular complexity index is 1890. The van der Waals surface area contributed by atoms with E-state index in [0.29, 0.717) is 10.3 Å². The Hall–Kier alpha value is -3.02. The number of fused-ring (bicyclic) bond motifs is 6. The number of hydrogen-bond donors (Lipinski definition) is 0. The molecule has 0 aliphatic heterocycles. The predicted octanol–water partition coefficient (Wildman–Crippen LogP) is 6.80. The number of benzene rings is 1. The van der Waals surface area contributed by atoms with Crippen LogP contribution in [-0.2, 0) is 19.2 Å². The van der Waals surface area contributed by atoms with Gasteiger partial charge in [0.2, 0.25) is 10.3 Å². The van der Waals surface area contributed by atoms with Gasteiger partial charge >= 0.3 is 0 Å². The van der Waals surface area contributed by atoms with E-state index < -0.39 is 0 Å². The molecule has 1 aromatic carbocycles. The van der Waals surface area contributed by atoms with E-state index >= 15 is 0 Å². The summed E-state index contributed by atoms with van der Waals surface area (Å²) >= 11 is 4.37. The number of aromatic nitrogens is 2. The molecule has 8 rings (SSSR count). The Morgan fingerprint density at radius 1 is 0.585 bits per heavy atom. The monoisotopic (exact) mass is 602 g/mol. The number of Topliss-reactive ketones (excluding diaryl/α,β-unsaturated/α-hetero) is 4. The number of thiazole rings is 2. The highest BCUT2D eigenvalue weighted by atomic mass is 32.1. The minimum atomic E-state index is -0.213. The summed E-state index contributed by atoms with van der Waals surface area (Å²) in [4.78, 5) is 71.4. The number of hydrogen-bond acceptors (Lipinski definition) is 11. The van der Waals surface area contributed by atoms with Crippen LogP contribution in [0.4, 0.5) is 10.3 Å². The standard InChI is InChI=1S/C30H26N4O4S3/c1-11-17-25(39-28-27(17)41-30(34-28)33-20-23(37)15-9-5-6-10-16(15)24(20)38)12(2)18-26(11)40-29(31-18)32-19-21(35)13-7-3-4-8-14(13)22(19)36/h13-16H,3-10H2,1-2H3. The zero-order valence-electron chi connectivity index (χ0n) is 22.6. The first-order chi connectivity index (χ1) is 19.8. The Labute approximate surface area is 247 Å². The number of nitrogens with zero attached hydrogens (tertiary/aromatic N) is 4. The van der Waals surface area contributed by atoms with Crippen LogP contribution in [0, 0.1) is 37.5 Å². The van der Waals surface area contributed by atoms with Gasteiger partial charge in [0.1, 0.15) is 4.83 Å². The van der Waals surface area contributed by atoms with Gasteiger partial charge in [-0.3, -0.25) is 19.2 Å². The number of aliphatic imine (C=N–C) groups is 2. The summed E-state index contributed by atoms with van der Waals surface area (Å²) in [6, 6.07) is 0. The largest absolute Gasteiger partial charge is 0.292 e. The fraction of sp³-hybridized carbons (Fsp3) is 0.467. The van der Waals surface area contributed by atoms with Gasteiger partial charge in [-0.2, -0.15) is 0 Å². The fourth-order valence-electron chi connectivity index (χ4n) is 7.39. The molecule has 4 unspecified atom stereocenters. The summed E-state index contributed by atoms with van der Waals surface area (Å²) < 4.78 is 3.02. The molecule has 4 aliphatic carbocycles. The molecule has 4 aliphatic rings. The van der Waals surface area contributed by atoms with Gasteiger partial charge in [-0.1, -0.05) is 48.4 Å². The normalized spacial score (nSPS) is 26.6. The highest BCUT2D eigenvalue weighted by Crippen LogP contribution is 2.48. The summed E-state index contributed by atoms with van der Waals surface area (Å²) in [6.45, 7) is 4.08. The average Bonchev–Trinajstić information content (AvgIpc) is 3.76. The molecule has 4 saturated carbocycles. The quantitative estimate of drug-likeness (QED) is 0.249. The number of ketones is 4. The number of rotatable bonds is 2.